The predicted molar refractivity (Wildman–Crippen MR) is 89.7 cm³/mol. The molecule has 1 atom stereocenters. The van der Waals surface area contributed by atoms with E-state index in [0.717, 1.165) is 38.5 Å². The normalized spacial score (nSPS) is 21.0. The third kappa shape index (κ3) is 8.05. The van der Waals surface area contributed by atoms with Crippen molar-refractivity contribution in [2.45, 2.75) is 38.5 Å². The Morgan fingerprint density at radius 2 is 1.82 bits per heavy atom. The fourth-order valence-corrected chi connectivity index (χ4v) is 2.94. The van der Waals surface area contributed by atoms with E-state index in [9.17, 15) is 31.4 Å². The third-order valence-corrected chi connectivity index (χ3v) is 4.46. The second-order valence-electron chi connectivity index (χ2n) is 7.10. The highest BCUT2D eigenvalue weighted by atomic mass is 19.4. The van der Waals surface area contributed by atoms with Gasteiger partial charge in [-0.15, -0.1) is 0 Å². The molecule has 160 valence electrons. The summed E-state index contributed by atoms with van der Waals surface area (Å²) < 4.78 is 69.8. The summed E-state index contributed by atoms with van der Waals surface area (Å²) in [7, 11) is 0. The molecule has 0 radical (unpaired) electrons. The van der Waals surface area contributed by atoms with E-state index < -0.39 is 23.9 Å². The Morgan fingerprint density at radius 1 is 1.21 bits per heavy atom. The smallest absolute Gasteiger partial charge is 0.475 e. The molecule has 1 unspecified atom stereocenters. The maximum atomic E-state index is 12.7. The summed E-state index contributed by atoms with van der Waals surface area (Å²) in [5.74, 6) is -2.76. The Kier molecular flexibility index (Phi) is 8.30. The molecule has 1 aliphatic heterocycles. The lowest BCUT2D eigenvalue weighted by Gasteiger charge is -2.39. The monoisotopic (exact) mass is 415 g/mol. The molecule has 1 heterocycles. The summed E-state index contributed by atoms with van der Waals surface area (Å²) in [6, 6.07) is 5.54. The van der Waals surface area contributed by atoms with Crippen LogP contribution in [0.15, 0.2) is 24.3 Å². The number of aliphatic carboxylic acids is 1. The molecule has 28 heavy (non-hydrogen) atoms. The number of aliphatic hydroxyl groups is 1. The Hall–Kier alpha value is -1.81. The number of carboxylic acid groups (broad SMARTS) is 1. The molecule has 0 aliphatic carbocycles. The molecule has 1 fully saturated rings. The highest BCUT2D eigenvalue weighted by molar-refractivity contribution is 5.73. The number of hydrogen-bond acceptors (Lipinski definition) is 3. The molecule has 0 saturated carbocycles. The first kappa shape index (κ1) is 24.2. The number of piperidine rings is 1. The summed E-state index contributed by atoms with van der Waals surface area (Å²) in [5, 5.41) is 16.6. The van der Waals surface area contributed by atoms with Gasteiger partial charge in [-0.1, -0.05) is 25.1 Å². The van der Waals surface area contributed by atoms with Crippen LogP contribution in [0.25, 0.3) is 0 Å². The zero-order chi connectivity index (χ0) is 21.6. The van der Waals surface area contributed by atoms with E-state index in [1.165, 1.54) is 12.1 Å². The minimum Gasteiger partial charge on any atom is -0.475 e. The number of carbonyl (C=O) groups is 1. The number of alkyl halides is 6. The Labute approximate surface area is 158 Å². The van der Waals surface area contributed by atoms with Gasteiger partial charge >= 0.3 is 18.3 Å². The number of rotatable bonds is 4. The van der Waals surface area contributed by atoms with Crippen molar-refractivity contribution < 1.29 is 41.4 Å². The molecular formula is C18H23F6NO3. The Morgan fingerprint density at radius 3 is 2.32 bits per heavy atom. The van der Waals surface area contributed by atoms with Crippen molar-refractivity contribution in [3.63, 3.8) is 0 Å². The zero-order valence-corrected chi connectivity index (χ0v) is 15.3. The van der Waals surface area contributed by atoms with Crippen molar-refractivity contribution in [3.05, 3.63) is 35.4 Å². The van der Waals surface area contributed by atoms with Gasteiger partial charge in [0.2, 0.25) is 0 Å². The molecule has 1 aliphatic rings. The van der Waals surface area contributed by atoms with Crippen LogP contribution in [0, 0.1) is 5.41 Å². The lowest BCUT2D eigenvalue weighted by molar-refractivity contribution is -0.192. The number of nitrogens with zero attached hydrogens (tertiary/aromatic N) is 1. The van der Waals surface area contributed by atoms with Crippen LogP contribution in [0.4, 0.5) is 26.3 Å². The summed E-state index contributed by atoms with van der Waals surface area (Å²) in [6.45, 7) is 4.71. The van der Waals surface area contributed by atoms with Crippen LogP contribution in [0.1, 0.15) is 30.9 Å². The fourth-order valence-electron chi connectivity index (χ4n) is 2.94. The van der Waals surface area contributed by atoms with Crippen LogP contribution in [-0.2, 0) is 17.4 Å². The number of hydrogen-bond donors (Lipinski definition) is 2. The van der Waals surface area contributed by atoms with Gasteiger partial charge in [0.1, 0.15) is 0 Å². The van der Waals surface area contributed by atoms with Crippen molar-refractivity contribution in [3.8, 4) is 0 Å². The SMILES string of the molecule is CC1(CO)CCCN(CCc2cccc(C(F)(F)F)c2)C1.O=C(O)C(F)(F)F. The number of aliphatic hydroxyl groups excluding tert-OH is 1. The molecule has 1 aromatic rings. The van der Waals surface area contributed by atoms with Gasteiger partial charge in [0.15, 0.2) is 0 Å². The molecule has 10 heteroatoms. The molecule has 1 aromatic carbocycles. The van der Waals surface area contributed by atoms with E-state index in [0.29, 0.717) is 12.0 Å². The van der Waals surface area contributed by atoms with Gasteiger partial charge in [0.05, 0.1) is 5.56 Å². The molecule has 0 bridgehead atoms. The summed E-state index contributed by atoms with van der Waals surface area (Å²) in [6.07, 6.45) is -6.73. The van der Waals surface area contributed by atoms with Crippen LogP contribution < -0.4 is 0 Å². The first-order chi connectivity index (χ1) is 12.8. The lowest BCUT2D eigenvalue weighted by atomic mass is 9.83. The largest absolute Gasteiger partial charge is 0.490 e. The van der Waals surface area contributed by atoms with Gasteiger partial charge in [0.25, 0.3) is 0 Å². The zero-order valence-electron chi connectivity index (χ0n) is 15.3. The highest BCUT2D eigenvalue weighted by Crippen LogP contribution is 2.30. The van der Waals surface area contributed by atoms with E-state index in [-0.39, 0.29) is 12.0 Å². The minimum atomic E-state index is -5.08. The fraction of sp³-hybridized carbons (Fsp3) is 0.611. The van der Waals surface area contributed by atoms with Crippen LogP contribution in [-0.4, -0.2) is 53.5 Å². The van der Waals surface area contributed by atoms with E-state index in [1.54, 1.807) is 6.07 Å². The van der Waals surface area contributed by atoms with E-state index >= 15 is 0 Å². The lowest BCUT2D eigenvalue weighted by Crippen LogP contribution is -2.44. The van der Waals surface area contributed by atoms with Crippen LogP contribution in [0.2, 0.25) is 0 Å². The Bertz CT molecular complexity index is 647. The maximum Gasteiger partial charge on any atom is 0.490 e. The van der Waals surface area contributed by atoms with Gasteiger partial charge in [0, 0.05) is 25.1 Å². The second kappa shape index (κ2) is 9.60. The average molecular weight is 415 g/mol. The van der Waals surface area contributed by atoms with Gasteiger partial charge in [-0.3, -0.25) is 0 Å². The van der Waals surface area contributed by atoms with Crippen LogP contribution in [0.5, 0.6) is 0 Å². The molecule has 0 aromatic heterocycles. The van der Waals surface area contributed by atoms with E-state index in [1.807, 2.05) is 0 Å². The van der Waals surface area contributed by atoms with Crippen LogP contribution >= 0.6 is 0 Å². The first-order valence-electron chi connectivity index (χ1n) is 8.56. The summed E-state index contributed by atoms with van der Waals surface area (Å²) in [5.41, 5.74) is 0.0476. The quantitative estimate of drug-likeness (QED) is 0.731. The molecule has 0 amide bonds. The standard InChI is InChI=1S/C16H22F3NO.C2HF3O2/c1-15(12-21)7-3-8-20(11-15)9-6-13-4-2-5-14(10-13)16(17,18)19;3-2(4,5)1(6)7/h2,4-5,10,21H,3,6-9,11-12H2,1H3;(H,6,7). The van der Waals surface area contributed by atoms with Gasteiger partial charge < -0.3 is 15.1 Å². The molecule has 4 nitrogen and oxygen atoms in total. The second-order valence-corrected chi connectivity index (χ2v) is 7.10. The minimum absolute atomic E-state index is 0.0773. The molecule has 1 saturated heterocycles. The Balaban J connectivity index is 0.000000480. The van der Waals surface area contributed by atoms with E-state index in [2.05, 4.69) is 11.8 Å². The van der Waals surface area contributed by atoms with Crippen molar-refractivity contribution in [1.82, 2.24) is 4.90 Å². The van der Waals surface area contributed by atoms with Crippen molar-refractivity contribution in [2.24, 2.45) is 5.41 Å². The molecule has 0 spiro atoms. The summed E-state index contributed by atoms with van der Waals surface area (Å²) >= 11 is 0. The number of benzene rings is 1. The van der Waals surface area contributed by atoms with E-state index in [4.69, 9.17) is 9.90 Å². The first-order valence-corrected chi connectivity index (χ1v) is 8.56. The predicted octanol–water partition coefficient (Wildman–Crippen LogP) is 3.98. The van der Waals surface area contributed by atoms with Gasteiger partial charge in [-0.05, 0) is 37.4 Å². The van der Waals surface area contributed by atoms with Crippen molar-refractivity contribution in [1.29, 1.82) is 0 Å². The average Bonchev–Trinajstić information content (AvgIpc) is 2.59. The number of halogens is 6. The van der Waals surface area contributed by atoms with Crippen molar-refractivity contribution >= 4 is 5.97 Å². The molecule has 2 rings (SSSR count). The van der Waals surface area contributed by atoms with Gasteiger partial charge in [-0.2, -0.15) is 26.3 Å². The summed E-state index contributed by atoms with van der Waals surface area (Å²) in [4.78, 5) is 11.1. The number of likely N-dealkylation sites (tertiary alicyclic amines) is 1. The molecular weight excluding hydrogens is 392 g/mol. The number of carboxylic acids is 1. The van der Waals surface area contributed by atoms with Crippen LogP contribution in [0.3, 0.4) is 0 Å². The molecule has 2 N–H and O–H groups in total. The highest BCUT2D eigenvalue weighted by Gasteiger charge is 2.38. The van der Waals surface area contributed by atoms with Crippen molar-refractivity contribution in [2.75, 3.05) is 26.2 Å². The van der Waals surface area contributed by atoms with Gasteiger partial charge in [-0.25, -0.2) is 4.79 Å². The third-order valence-electron chi connectivity index (χ3n) is 4.46. The topological polar surface area (TPSA) is 60.8 Å². The maximum absolute atomic E-state index is 12.7.